The molecule has 0 amide bonds. The number of hydrogen-bond donors (Lipinski definition) is 0. The number of esters is 2. The minimum atomic E-state index is -1.49. The zero-order valence-corrected chi connectivity index (χ0v) is 23.9. The molecule has 0 aliphatic heterocycles. The van der Waals surface area contributed by atoms with Crippen molar-refractivity contribution < 1.29 is 42.7 Å². The Labute approximate surface area is 237 Å². The normalized spacial score (nSPS) is 24.8. The van der Waals surface area contributed by atoms with Gasteiger partial charge in [-0.15, -0.1) is 0 Å². The van der Waals surface area contributed by atoms with E-state index in [-0.39, 0.29) is 5.17 Å². The van der Waals surface area contributed by atoms with Crippen LogP contribution < -0.4 is 9.47 Å². The highest BCUT2D eigenvalue weighted by Crippen LogP contribution is 2.60. The van der Waals surface area contributed by atoms with E-state index in [2.05, 4.69) is 4.98 Å². The molecule has 2 bridgehead atoms. The molecule has 1 heterocycles. The Balaban J connectivity index is 1.95. The topological polar surface area (TPSA) is 117 Å². The van der Waals surface area contributed by atoms with Gasteiger partial charge in [0.05, 0.1) is 40.3 Å². The molecule has 214 valence electrons. The number of rotatable bonds is 9. The minimum Gasteiger partial charge on any atom is -0.493 e. The van der Waals surface area contributed by atoms with Crippen molar-refractivity contribution in [1.82, 2.24) is 9.55 Å². The summed E-state index contributed by atoms with van der Waals surface area (Å²) >= 11 is 5.60. The van der Waals surface area contributed by atoms with E-state index < -0.39 is 47.5 Å². The smallest absolute Gasteiger partial charge is 0.330 e. The molecule has 0 radical (unpaired) electrons. The molecule has 1 fully saturated rings. The van der Waals surface area contributed by atoms with Crippen molar-refractivity contribution >= 4 is 29.3 Å². The van der Waals surface area contributed by atoms with E-state index in [4.69, 9.17) is 45.4 Å². The van der Waals surface area contributed by atoms with Crippen LogP contribution in [0.25, 0.3) is 0 Å². The molecule has 0 saturated heterocycles. The number of carbonyl (C=O) groups is 2. The Bertz CT molecular complexity index is 1300. The van der Waals surface area contributed by atoms with Crippen LogP contribution in [0.4, 0.5) is 0 Å². The number of carbonyl (C=O) groups excluding carboxylic acids is 2. The lowest BCUT2D eigenvalue weighted by atomic mass is 9.53. The van der Waals surface area contributed by atoms with Crippen LogP contribution in [-0.2, 0) is 33.3 Å². The van der Waals surface area contributed by atoms with Crippen molar-refractivity contribution in [2.24, 2.45) is 17.8 Å². The van der Waals surface area contributed by atoms with Crippen LogP contribution in [0.3, 0.4) is 0 Å². The lowest BCUT2D eigenvalue weighted by molar-refractivity contribution is -0.313. The van der Waals surface area contributed by atoms with Gasteiger partial charge in [-0.05, 0) is 35.5 Å². The average molecular weight is 573 g/mol. The molecule has 40 heavy (non-hydrogen) atoms. The summed E-state index contributed by atoms with van der Waals surface area (Å²) in [4.78, 5) is 29.7. The van der Waals surface area contributed by atoms with E-state index in [9.17, 15) is 9.59 Å². The van der Waals surface area contributed by atoms with Gasteiger partial charge in [-0.1, -0.05) is 18.2 Å². The molecule has 1 aromatic heterocycles. The highest BCUT2D eigenvalue weighted by molar-refractivity contribution is 7.80. The first-order valence-electron chi connectivity index (χ1n) is 12.4. The van der Waals surface area contributed by atoms with Crippen LogP contribution >= 0.6 is 12.2 Å². The Kier molecular flexibility index (Phi) is 8.92. The molecule has 3 aliphatic rings. The van der Waals surface area contributed by atoms with E-state index in [1.54, 1.807) is 43.3 Å². The van der Waals surface area contributed by atoms with Crippen molar-refractivity contribution in [2.75, 3.05) is 42.7 Å². The first kappa shape index (κ1) is 29.2. The van der Waals surface area contributed by atoms with Gasteiger partial charge in [0.15, 0.2) is 17.6 Å². The van der Waals surface area contributed by atoms with Crippen LogP contribution in [-0.4, -0.2) is 81.2 Å². The van der Waals surface area contributed by atoms with Gasteiger partial charge in [0.2, 0.25) is 5.79 Å². The van der Waals surface area contributed by atoms with Crippen LogP contribution in [0.2, 0.25) is 0 Å². The second kappa shape index (κ2) is 12.2. The summed E-state index contributed by atoms with van der Waals surface area (Å²) in [7, 11) is 8.65. The lowest BCUT2D eigenvalue weighted by Gasteiger charge is -2.58. The van der Waals surface area contributed by atoms with Crippen LogP contribution in [0.1, 0.15) is 11.5 Å². The van der Waals surface area contributed by atoms with E-state index >= 15 is 0 Å². The molecule has 12 heteroatoms. The monoisotopic (exact) mass is 572 g/mol. The van der Waals surface area contributed by atoms with E-state index in [1.165, 1.54) is 40.8 Å². The Hall–Kier alpha value is -3.74. The van der Waals surface area contributed by atoms with Crippen molar-refractivity contribution in [2.45, 2.75) is 17.8 Å². The zero-order chi connectivity index (χ0) is 29.0. The van der Waals surface area contributed by atoms with Gasteiger partial charge in [0.25, 0.3) is 5.17 Å². The summed E-state index contributed by atoms with van der Waals surface area (Å²) in [6.45, 7) is 0. The standard InChI is InChI=1S/C28H32N2O9S/c1-33-19-9-7-16(14-20(19)34-2)22-18-13-17(8-10-21(31)35-3)24(23(22)26(32)36-4)28(37-5,38-6)25(18)39-27(40)30-12-11-29-15-30/h7-15,18,22-25H,1-6H3. The second-order valence-electron chi connectivity index (χ2n) is 9.17. The predicted octanol–water partition coefficient (Wildman–Crippen LogP) is 2.90. The first-order valence-corrected chi connectivity index (χ1v) is 12.8. The molecule has 5 atom stereocenters. The number of imidazole rings is 1. The van der Waals surface area contributed by atoms with Crippen LogP contribution in [0.5, 0.6) is 11.5 Å². The highest BCUT2D eigenvalue weighted by Gasteiger charge is 2.67. The number of nitrogens with zero attached hydrogens (tertiary/aromatic N) is 2. The third-order valence-electron chi connectivity index (χ3n) is 7.54. The van der Waals surface area contributed by atoms with Crippen molar-refractivity contribution in [1.29, 1.82) is 0 Å². The van der Waals surface area contributed by atoms with E-state index in [1.807, 2.05) is 18.2 Å². The molecule has 2 aromatic rings. The van der Waals surface area contributed by atoms with Crippen molar-refractivity contribution in [3.8, 4) is 11.5 Å². The summed E-state index contributed by atoms with van der Waals surface area (Å²) in [5.74, 6) is -4.12. The molecule has 3 aliphatic carbocycles. The number of benzene rings is 1. The summed E-state index contributed by atoms with van der Waals surface area (Å²) < 4.78 is 41.2. The van der Waals surface area contributed by atoms with Crippen molar-refractivity contribution in [3.63, 3.8) is 0 Å². The van der Waals surface area contributed by atoms with Gasteiger partial charge in [-0.3, -0.25) is 9.36 Å². The maximum absolute atomic E-state index is 13.6. The number of methoxy groups -OCH3 is 6. The third kappa shape index (κ3) is 4.98. The number of ether oxygens (including phenoxy) is 7. The Morgan fingerprint density at radius 1 is 1.02 bits per heavy atom. The summed E-state index contributed by atoms with van der Waals surface area (Å²) in [5.41, 5.74) is 1.40. The fourth-order valence-corrected chi connectivity index (χ4v) is 6.07. The molecule has 1 saturated carbocycles. The van der Waals surface area contributed by atoms with Gasteiger partial charge in [-0.25, -0.2) is 9.78 Å². The maximum atomic E-state index is 13.6. The quantitative estimate of drug-likeness (QED) is 0.191. The highest BCUT2D eigenvalue weighted by atomic mass is 32.1. The van der Waals surface area contributed by atoms with E-state index in [0.717, 1.165) is 5.56 Å². The minimum absolute atomic E-state index is 0.120. The van der Waals surface area contributed by atoms with E-state index in [0.29, 0.717) is 17.1 Å². The summed E-state index contributed by atoms with van der Waals surface area (Å²) in [6, 6.07) is 5.47. The van der Waals surface area contributed by atoms with Crippen molar-refractivity contribution in [3.05, 3.63) is 66.3 Å². The number of thiocarbonyl (C=S) groups is 1. The van der Waals surface area contributed by atoms with Gasteiger partial charge in [-0.2, -0.15) is 0 Å². The van der Waals surface area contributed by atoms with Crippen LogP contribution in [0, 0.1) is 17.8 Å². The van der Waals surface area contributed by atoms with Gasteiger partial charge in [0.1, 0.15) is 6.33 Å². The summed E-state index contributed by atoms with van der Waals surface area (Å²) in [5, 5.41) is 0.120. The molecular formula is C28H32N2O9S. The number of aromatic nitrogens is 2. The Morgan fingerprint density at radius 2 is 1.75 bits per heavy atom. The first-order chi connectivity index (χ1) is 19.3. The average Bonchev–Trinajstić information content (AvgIpc) is 3.54. The van der Waals surface area contributed by atoms with Gasteiger partial charge < -0.3 is 33.2 Å². The second-order valence-corrected chi connectivity index (χ2v) is 9.52. The third-order valence-corrected chi connectivity index (χ3v) is 7.85. The molecule has 5 unspecified atom stereocenters. The zero-order valence-electron chi connectivity index (χ0n) is 23.1. The molecule has 0 N–H and O–H groups in total. The maximum Gasteiger partial charge on any atom is 0.330 e. The molecule has 0 spiro atoms. The summed E-state index contributed by atoms with van der Waals surface area (Å²) in [6.07, 6.45) is 8.77. The molecule has 5 rings (SSSR count). The largest absolute Gasteiger partial charge is 0.493 e. The fourth-order valence-electron chi connectivity index (χ4n) is 5.85. The predicted molar refractivity (Wildman–Crippen MR) is 146 cm³/mol. The number of hydrogen-bond acceptors (Lipinski definition) is 11. The fraction of sp³-hybridized carbons (Fsp3) is 0.429. The SMILES string of the molecule is COC(=O)C=CC1=CC2C(c3ccc(OC)c(OC)c3)C(C(=O)OC)C1C(OC)(OC)C2OC(=S)n1ccnc1. The molecular weight excluding hydrogens is 540 g/mol. The van der Waals surface area contributed by atoms with Gasteiger partial charge >= 0.3 is 11.9 Å². The molecule has 1 aromatic carbocycles. The van der Waals surface area contributed by atoms with Gasteiger partial charge in [0, 0.05) is 44.5 Å². The number of allylic oxidation sites excluding steroid dienone is 1. The Morgan fingerprint density at radius 3 is 2.33 bits per heavy atom. The lowest BCUT2D eigenvalue weighted by Crippen LogP contribution is -2.67. The molecule has 11 nitrogen and oxygen atoms in total. The van der Waals surface area contributed by atoms with Crippen LogP contribution in [0.15, 0.2) is 60.7 Å². The number of fused-ring (bicyclic) bond motifs is 2.